The molecule has 0 unspecified atom stereocenters. The van der Waals surface area contributed by atoms with E-state index in [1.807, 2.05) is 48.7 Å². The summed E-state index contributed by atoms with van der Waals surface area (Å²) >= 11 is 0. The van der Waals surface area contributed by atoms with Crippen molar-refractivity contribution in [2.24, 2.45) is 0 Å². The minimum absolute atomic E-state index is 0.0573. The molecule has 134 valence electrons. The summed E-state index contributed by atoms with van der Waals surface area (Å²) in [6, 6.07) is 19.8. The van der Waals surface area contributed by atoms with Crippen LogP contribution in [0.2, 0.25) is 0 Å². The number of fused-ring (bicyclic) bond motifs is 1. The summed E-state index contributed by atoms with van der Waals surface area (Å²) in [7, 11) is 0. The second-order valence-corrected chi connectivity index (χ2v) is 6.06. The first-order chi connectivity index (χ1) is 13.2. The van der Waals surface area contributed by atoms with Crippen molar-refractivity contribution in [2.75, 3.05) is 5.32 Å². The van der Waals surface area contributed by atoms with Crippen LogP contribution in [0.4, 0.5) is 10.7 Å². The molecular formula is C20H17N5O2. The van der Waals surface area contributed by atoms with Gasteiger partial charge in [-0.1, -0.05) is 36.4 Å². The Hall–Kier alpha value is -3.74. The van der Waals surface area contributed by atoms with Crippen molar-refractivity contribution in [3.63, 3.8) is 0 Å². The minimum Gasteiger partial charge on any atom is -0.465 e. The third-order valence-corrected chi connectivity index (χ3v) is 4.22. The first-order valence-corrected chi connectivity index (χ1v) is 8.54. The summed E-state index contributed by atoms with van der Waals surface area (Å²) in [5.74, 6) is 0.0573. The molecule has 7 heteroatoms. The maximum absolute atomic E-state index is 10.8. The molecule has 0 radical (unpaired) electrons. The van der Waals surface area contributed by atoms with Gasteiger partial charge in [-0.25, -0.2) is 9.31 Å². The lowest BCUT2D eigenvalue weighted by molar-refractivity contribution is 0.209. The fraction of sp³-hybridized carbons (Fsp3) is 0.100. The maximum Gasteiger partial charge on any atom is 0.411 e. The number of hydrogen-bond donors (Lipinski definition) is 2. The summed E-state index contributed by atoms with van der Waals surface area (Å²) in [5.41, 5.74) is 4.70. The van der Waals surface area contributed by atoms with Crippen molar-refractivity contribution in [1.29, 1.82) is 0 Å². The predicted molar refractivity (Wildman–Crippen MR) is 102 cm³/mol. The second-order valence-electron chi connectivity index (χ2n) is 6.06. The molecule has 7 nitrogen and oxygen atoms in total. The Balaban J connectivity index is 1.56. The first kappa shape index (κ1) is 16.7. The summed E-state index contributed by atoms with van der Waals surface area (Å²) in [5, 5.41) is 15.3. The average Bonchev–Trinajstić information content (AvgIpc) is 3.09. The Bertz CT molecular complexity index is 1070. The normalized spacial score (nSPS) is 10.8. The average molecular weight is 359 g/mol. The van der Waals surface area contributed by atoms with Gasteiger partial charge in [-0.3, -0.25) is 10.3 Å². The van der Waals surface area contributed by atoms with E-state index in [0.717, 1.165) is 29.8 Å². The highest BCUT2D eigenvalue weighted by molar-refractivity contribution is 5.80. The first-order valence-electron chi connectivity index (χ1n) is 8.54. The number of nitrogens with zero attached hydrogens (tertiary/aromatic N) is 4. The molecule has 0 aliphatic heterocycles. The Morgan fingerprint density at radius 1 is 1.00 bits per heavy atom. The smallest absolute Gasteiger partial charge is 0.411 e. The van der Waals surface area contributed by atoms with Gasteiger partial charge in [0, 0.05) is 17.5 Å². The molecule has 0 bridgehead atoms. The van der Waals surface area contributed by atoms with Crippen LogP contribution in [-0.2, 0) is 12.8 Å². The van der Waals surface area contributed by atoms with Crippen molar-refractivity contribution in [3.05, 3.63) is 78.1 Å². The molecular weight excluding hydrogens is 342 g/mol. The van der Waals surface area contributed by atoms with Crippen LogP contribution < -0.4 is 5.32 Å². The number of nitrogens with one attached hydrogen (secondary N) is 1. The topological polar surface area (TPSA) is 92.4 Å². The second kappa shape index (κ2) is 7.25. The highest BCUT2D eigenvalue weighted by Crippen LogP contribution is 2.22. The third-order valence-electron chi connectivity index (χ3n) is 4.22. The monoisotopic (exact) mass is 359 g/mol. The molecule has 27 heavy (non-hydrogen) atoms. The summed E-state index contributed by atoms with van der Waals surface area (Å²) < 4.78 is 1.63. The number of rotatable bonds is 5. The molecule has 0 saturated heterocycles. The molecule has 3 heterocycles. The molecule has 0 fully saturated rings. The van der Waals surface area contributed by atoms with Crippen LogP contribution in [0.15, 0.2) is 66.9 Å². The van der Waals surface area contributed by atoms with Crippen LogP contribution in [0.3, 0.4) is 0 Å². The molecule has 1 aromatic carbocycles. The van der Waals surface area contributed by atoms with Gasteiger partial charge in [0.1, 0.15) is 0 Å². The van der Waals surface area contributed by atoms with Gasteiger partial charge in [0.15, 0.2) is 5.65 Å². The van der Waals surface area contributed by atoms with E-state index >= 15 is 0 Å². The van der Waals surface area contributed by atoms with Crippen LogP contribution in [-0.4, -0.2) is 30.8 Å². The molecule has 0 saturated carbocycles. The lowest BCUT2D eigenvalue weighted by Gasteiger charge is -2.06. The van der Waals surface area contributed by atoms with E-state index < -0.39 is 6.09 Å². The van der Waals surface area contributed by atoms with Crippen molar-refractivity contribution < 1.29 is 9.90 Å². The summed E-state index contributed by atoms with van der Waals surface area (Å²) in [4.78, 5) is 19.3. The van der Waals surface area contributed by atoms with Crippen LogP contribution in [0.1, 0.15) is 11.3 Å². The maximum atomic E-state index is 10.8. The van der Waals surface area contributed by atoms with Crippen LogP contribution in [0.5, 0.6) is 0 Å². The quantitative estimate of drug-likeness (QED) is 0.567. The van der Waals surface area contributed by atoms with Gasteiger partial charge in [0.05, 0.1) is 5.69 Å². The van der Waals surface area contributed by atoms with Crippen molar-refractivity contribution in [1.82, 2.24) is 19.6 Å². The standard InChI is InChI=1S/C20H17N5O2/c26-20(27)23-19-22-18-6-3-5-17(25(18)24-19)15-10-7-14(8-11-15)9-12-16-4-1-2-13-21-16/h1-8,10-11,13H,9,12H2,(H,23,24)(H,26,27). The molecule has 2 N–H and O–H groups in total. The largest absolute Gasteiger partial charge is 0.465 e. The van der Waals surface area contributed by atoms with Gasteiger partial charge in [-0.15, -0.1) is 5.10 Å². The van der Waals surface area contributed by atoms with Crippen LogP contribution >= 0.6 is 0 Å². The van der Waals surface area contributed by atoms with Gasteiger partial charge in [0.2, 0.25) is 0 Å². The number of benzene rings is 1. The van der Waals surface area contributed by atoms with Crippen LogP contribution in [0, 0.1) is 0 Å². The predicted octanol–water partition coefficient (Wildman–Crippen LogP) is 3.67. The highest BCUT2D eigenvalue weighted by atomic mass is 16.4. The van der Waals surface area contributed by atoms with Crippen molar-refractivity contribution in [3.8, 4) is 11.3 Å². The lowest BCUT2D eigenvalue weighted by atomic mass is 10.0. The fourth-order valence-corrected chi connectivity index (χ4v) is 2.93. The van der Waals surface area contributed by atoms with Crippen molar-refractivity contribution >= 4 is 17.7 Å². The Labute approximate surface area is 155 Å². The number of pyridine rings is 2. The molecule has 3 aromatic heterocycles. The van der Waals surface area contributed by atoms with E-state index in [-0.39, 0.29) is 5.95 Å². The van der Waals surface area contributed by atoms with E-state index in [1.165, 1.54) is 5.56 Å². The molecule has 0 aliphatic carbocycles. The van der Waals surface area contributed by atoms with Gasteiger partial charge in [-0.2, -0.15) is 4.98 Å². The zero-order valence-electron chi connectivity index (χ0n) is 14.4. The molecule has 0 atom stereocenters. The Morgan fingerprint density at radius 2 is 1.85 bits per heavy atom. The molecule has 0 spiro atoms. The number of amides is 1. The van der Waals surface area contributed by atoms with E-state index in [9.17, 15) is 4.79 Å². The Morgan fingerprint density at radius 3 is 2.59 bits per heavy atom. The number of carboxylic acid groups (broad SMARTS) is 1. The fourth-order valence-electron chi connectivity index (χ4n) is 2.93. The van der Waals surface area contributed by atoms with Gasteiger partial charge >= 0.3 is 6.09 Å². The van der Waals surface area contributed by atoms with Crippen LogP contribution in [0.25, 0.3) is 16.9 Å². The number of aromatic nitrogens is 4. The third kappa shape index (κ3) is 3.77. The van der Waals surface area contributed by atoms with E-state index in [4.69, 9.17) is 5.11 Å². The number of anilines is 1. The highest BCUT2D eigenvalue weighted by Gasteiger charge is 2.10. The van der Waals surface area contributed by atoms with E-state index in [0.29, 0.717) is 5.65 Å². The molecule has 1 amide bonds. The van der Waals surface area contributed by atoms with Gasteiger partial charge in [-0.05, 0) is 42.7 Å². The number of hydrogen-bond acceptors (Lipinski definition) is 4. The summed E-state index contributed by atoms with van der Waals surface area (Å²) in [6.07, 6.45) is 2.43. The lowest BCUT2D eigenvalue weighted by Crippen LogP contribution is -2.08. The minimum atomic E-state index is -1.19. The van der Waals surface area contributed by atoms with Gasteiger partial charge < -0.3 is 5.11 Å². The molecule has 4 aromatic rings. The molecule has 0 aliphatic rings. The number of aryl methyl sites for hydroxylation is 2. The zero-order chi connectivity index (χ0) is 18.6. The summed E-state index contributed by atoms with van der Waals surface area (Å²) in [6.45, 7) is 0. The molecule has 4 rings (SSSR count). The van der Waals surface area contributed by atoms with Gasteiger partial charge in [0.25, 0.3) is 5.95 Å². The number of carbonyl (C=O) groups is 1. The van der Waals surface area contributed by atoms with Crippen molar-refractivity contribution in [2.45, 2.75) is 12.8 Å². The SMILES string of the molecule is O=C(O)Nc1nc2cccc(-c3ccc(CCc4ccccn4)cc3)n2n1. The zero-order valence-corrected chi connectivity index (χ0v) is 14.4. The van der Waals surface area contributed by atoms with E-state index in [1.54, 1.807) is 10.6 Å². The van der Waals surface area contributed by atoms with E-state index in [2.05, 4.69) is 32.5 Å². The Kier molecular flexibility index (Phi) is 4.49.